The van der Waals surface area contributed by atoms with Gasteiger partial charge in [-0.1, -0.05) is 54.6 Å². The molecule has 0 spiro atoms. The zero-order valence-electron chi connectivity index (χ0n) is 20.5. The zero-order valence-corrected chi connectivity index (χ0v) is 21.3. The summed E-state index contributed by atoms with van der Waals surface area (Å²) in [6.07, 6.45) is 1.59. The van der Waals surface area contributed by atoms with Gasteiger partial charge in [0.1, 0.15) is 6.04 Å². The number of likely N-dealkylation sites (tertiary alicyclic amines) is 1. The Balaban J connectivity index is 1.38. The number of carbonyl (C=O) groups excluding carboxylic acids is 2. The first-order chi connectivity index (χ1) is 17.8. The molecule has 1 fully saturated rings. The van der Waals surface area contributed by atoms with E-state index >= 15 is 0 Å². The molecule has 2 amide bonds. The molecule has 1 aliphatic heterocycles. The smallest absolute Gasteiger partial charge is 0.243 e. The molecule has 1 saturated heterocycles. The Morgan fingerprint density at radius 2 is 1.78 bits per heavy atom. The summed E-state index contributed by atoms with van der Waals surface area (Å²) < 4.78 is 28.4. The summed E-state index contributed by atoms with van der Waals surface area (Å²) in [6.45, 7) is 0.382. The molecule has 0 radical (unpaired) electrons. The maximum Gasteiger partial charge on any atom is 0.243 e. The lowest BCUT2D eigenvalue weighted by atomic mass is 10.1. The molecule has 4 rings (SSSR count). The first kappa shape index (κ1) is 26.7. The maximum absolute atomic E-state index is 13.2. The summed E-state index contributed by atoms with van der Waals surface area (Å²) in [6, 6.07) is 18.0. The summed E-state index contributed by atoms with van der Waals surface area (Å²) >= 11 is 0. The van der Waals surface area contributed by atoms with E-state index in [4.69, 9.17) is 5.73 Å². The third-order valence-corrected chi connectivity index (χ3v) is 8.07. The highest BCUT2D eigenvalue weighted by molar-refractivity contribution is 7.89. The van der Waals surface area contributed by atoms with E-state index in [-0.39, 0.29) is 29.8 Å². The predicted octanol–water partition coefficient (Wildman–Crippen LogP) is 1.29. The van der Waals surface area contributed by atoms with E-state index in [1.807, 2.05) is 42.5 Å². The Kier molecular flexibility index (Phi) is 8.55. The summed E-state index contributed by atoms with van der Waals surface area (Å²) in [4.78, 5) is 27.3. The van der Waals surface area contributed by atoms with Gasteiger partial charge in [-0.05, 0) is 46.9 Å². The van der Waals surface area contributed by atoms with Crippen LogP contribution in [0.1, 0.15) is 24.0 Å². The van der Waals surface area contributed by atoms with E-state index < -0.39 is 28.6 Å². The lowest BCUT2D eigenvalue weighted by molar-refractivity contribution is -0.135. The molecule has 3 aromatic carbocycles. The molecule has 0 aromatic heterocycles. The minimum Gasteiger partial charge on any atom is -0.394 e. The zero-order chi connectivity index (χ0) is 26.4. The molecule has 0 saturated carbocycles. The van der Waals surface area contributed by atoms with Gasteiger partial charge in [0.25, 0.3) is 0 Å². The number of hydrogen-bond donors (Lipinski definition) is 4. The van der Waals surface area contributed by atoms with Gasteiger partial charge < -0.3 is 21.1 Å². The number of fused-ring (bicyclic) bond motifs is 1. The average molecular weight is 525 g/mol. The Morgan fingerprint density at radius 3 is 2.54 bits per heavy atom. The number of nitrogens with one attached hydrogen (secondary N) is 2. The van der Waals surface area contributed by atoms with E-state index in [1.165, 1.54) is 12.1 Å². The largest absolute Gasteiger partial charge is 0.394 e. The minimum atomic E-state index is -4.06. The highest BCUT2D eigenvalue weighted by atomic mass is 32.2. The molecule has 0 aliphatic carbocycles. The molecular formula is C27H32N4O5S. The van der Waals surface area contributed by atoms with Crippen molar-refractivity contribution >= 4 is 32.6 Å². The molecule has 37 heavy (non-hydrogen) atoms. The van der Waals surface area contributed by atoms with Crippen molar-refractivity contribution in [3.8, 4) is 0 Å². The van der Waals surface area contributed by atoms with E-state index in [9.17, 15) is 23.1 Å². The molecule has 3 aromatic rings. The van der Waals surface area contributed by atoms with Crippen molar-refractivity contribution in [1.82, 2.24) is 14.9 Å². The Bertz CT molecular complexity index is 1380. The van der Waals surface area contributed by atoms with Crippen LogP contribution in [-0.2, 0) is 32.6 Å². The van der Waals surface area contributed by atoms with Crippen LogP contribution in [0.3, 0.4) is 0 Å². The highest BCUT2D eigenvalue weighted by Crippen LogP contribution is 2.21. The first-order valence-electron chi connectivity index (χ1n) is 12.3. The highest BCUT2D eigenvalue weighted by Gasteiger charge is 2.35. The van der Waals surface area contributed by atoms with Gasteiger partial charge in [-0.2, -0.15) is 4.72 Å². The van der Waals surface area contributed by atoms with Crippen LogP contribution in [0.25, 0.3) is 10.8 Å². The SMILES string of the molecule is NCc1cccc(CC(=O)NC[C@@H]2CCCN2C(=O)[C@H](CO)NS(=O)(=O)c2ccc3ccccc3c2)c1. The third kappa shape index (κ3) is 6.53. The second-order valence-electron chi connectivity index (χ2n) is 9.20. The molecule has 1 aliphatic rings. The number of sulfonamides is 1. The third-order valence-electron chi connectivity index (χ3n) is 6.60. The van der Waals surface area contributed by atoms with Gasteiger partial charge >= 0.3 is 0 Å². The van der Waals surface area contributed by atoms with Crippen molar-refractivity contribution in [1.29, 1.82) is 0 Å². The van der Waals surface area contributed by atoms with Crippen LogP contribution >= 0.6 is 0 Å². The number of benzene rings is 3. The molecule has 5 N–H and O–H groups in total. The number of nitrogens with zero attached hydrogens (tertiary/aromatic N) is 1. The number of nitrogens with two attached hydrogens (primary N) is 1. The maximum atomic E-state index is 13.2. The average Bonchev–Trinajstić information content (AvgIpc) is 3.38. The van der Waals surface area contributed by atoms with Gasteiger partial charge in [0.05, 0.1) is 17.9 Å². The van der Waals surface area contributed by atoms with Crippen molar-refractivity contribution in [2.45, 2.75) is 42.8 Å². The van der Waals surface area contributed by atoms with E-state index in [0.29, 0.717) is 19.5 Å². The fraction of sp³-hybridized carbons (Fsp3) is 0.333. The van der Waals surface area contributed by atoms with Crippen molar-refractivity contribution < 1.29 is 23.1 Å². The molecule has 196 valence electrons. The second kappa shape index (κ2) is 11.8. The molecule has 10 heteroatoms. The van der Waals surface area contributed by atoms with Crippen LogP contribution < -0.4 is 15.8 Å². The normalized spacial score (nSPS) is 16.6. The molecule has 2 atom stereocenters. The van der Waals surface area contributed by atoms with Gasteiger partial charge in [-0.3, -0.25) is 9.59 Å². The molecule has 9 nitrogen and oxygen atoms in total. The van der Waals surface area contributed by atoms with Gasteiger partial charge in [-0.25, -0.2) is 8.42 Å². The summed E-state index contributed by atoms with van der Waals surface area (Å²) in [5, 5.41) is 14.4. The number of amides is 2. The van der Waals surface area contributed by atoms with Crippen LogP contribution in [0.4, 0.5) is 0 Å². The molecule has 0 bridgehead atoms. The Morgan fingerprint density at radius 1 is 1.03 bits per heavy atom. The van der Waals surface area contributed by atoms with Crippen molar-refractivity contribution in [3.05, 3.63) is 77.9 Å². The summed E-state index contributed by atoms with van der Waals surface area (Å²) in [7, 11) is -4.06. The van der Waals surface area contributed by atoms with Gasteiger partial charge in [0.15, 0.2) is 0 Å². The molecule has 1 heterocycles. The fourth-order valence-corrected chi connectivity index (χ4v) is 5.86. The number of carbonyl (C=O) groups is 2. The number of rotatable bonds is 10. The molecular weight excluding hydrogens is 492 g/mol. The van der Waals surface area contributed by atoms with Crippen molar-refractivity contribution in [3.63, 3.8) is 0 Å². The topological polar surface area (TPSA) is 142 Å². The monoisotopic (exact) mass is 524 g/mol. The van der Waals surface area contributed by atoms with Crippen LogP contribution in [-0.4, -0.2) is 62.0 Å². The predicted molar refractivity (Wildman–Crippen MR) is 141 cm³/mol. The van der Waals surface area contributed by atoms with Crippen LogP contribution in [0.2, 0.25) is 0 Å². The lowest BCUT2D eigenvalue weighted by Gasteiger charge is -2.28. The van der Waals surface area contributed by atoms with Crippen molar-refractivity contribution in [2.24, 2.45) is 5.73 Å². The van der Waals surface area contributed by atoms with E-state index in [1.54, 1.807) is 17.0 Å². The Labute approximate surface area is 216 Å². The molecule has 0 unspecified atom stereocenters. The standard InChI is InChI=1S/C27H32N4O5S/c28-16-20-6-3-5-19(13-20)14-26(33)29-17-23-9-4-12-31(23)27(34)25(18-32)30-37(35,36)24-11-10-21-7-1-2-8-22(21)15-24/h1-3,5-8,10-11,13,15,23,25,30,32H,4,9,12,14,16-18,28H2,(H,29,33)/t23-,25-/m0/s1. The van der Waals surface area contributed by atoms with Crippen LogP contribution in [0.5, 0.6) is 0 Å². The lowest BCUT2D eigenvalue weighted by Crippen LogP contribution is -2.53. The van der Waals surface area contributed by atoms with Crippen LogP contribution in [0, 0.1) is 0 Å². The van der Waals surface area contributed by atoms with Gasteiger partial charge in [0.2, 0.25) is 21.8 Å². The number of hydrogen-bond acceptors (Lipinski definition) is 6. The van der Waals surface area contributed by atoms with Gasteiger partial charge in [-0.15, -0.1) is 0 Å². The van der Waals surface area contributed by atoms with Crippen molar-refractivity contribution in [2.75, 3.05) is 19.7 Å². The fourth-order valence-electron chi connectivity index (χ4n) is 4.64. The van der Waals surface area contributed by atoms with Gasteiger partial charge in [0, 0.05) is 25.7 Å². The summed E-state index contributed by atoms with van der Waals surface area (Å²) in [5.41, 5.74) is 7.46. The minimum absolute atomic E-state index is 0.0152. The quantitative estimate of drug-likeness (QED) is 0.315. The number of aliphatic hydroxyl groups is 1. The summed E-state index contributed by atoms with van der Waals surface area (Å²) in [5.74, 6) is -0.691. The van der Waals surface area contributed by atoms with Crippen LogP contribution in [0.15, 0.2) is 71.6 Å². The van der Waals surface area contributed by atoms with E-state index in [2.05, 4.69) is 10.0 Å². The second-order valence-corrected chi connectivity index (χ2v) is 10.9. The Hall–Kier alpha value is -3.31. The van der Waals surface area contributed by atoms with E-state index in [0.717, 1.165) is 28.3 Å². The number of aliphatic hydroxyl groups excluding tert-OH is 1. The first-order valence-corrected chi connectivity index (χ1v) is 13.8.